The van der Waals surface area contributed by atoms with E-state index >= 15 is 0 Å². The maximum Gasteiger partial charge on any atom is 0.326 e. The van der Waals surface area contributed by atoms with E-state index in [4.69, 9.17) is 10.4 Å². The number of nitrogens with zero attached hydrogens (tertiary/aromatic N) is 2. The summed E-state index contributed by atoms with van der Waals surface area (Å²) in [7, 11) is 0. The molecule has 2 atom stereocenters. The van der Waals surface area contributed by atoms with Gasteiger partial charge >= 0.3 is 5.97 Å². The van der Waals surface area contributed by atoms with Crippen molar-refractivity contribution in [2.45, 2.75) is 19.0 Å². The summed E-state index contributed by atoms with van der Waals surface area (Å²) in [5.74, 6) is -2.74. The van der Waals surface area contributed by atoms with Gasteiger partial charge in [0.15, 0.2) is 0 Å². The summed E-state index contributed by atoms with van der Waals surface area (Å²) in [4.78, 5) is 23.8. The first-order valence-corrected chi connectivity index (χ1v) is 5.22. The zero-order chi connectivity index (χ0) is 13.4. The molecule has 1 aromatic rings. The van der Waals surface area contributed by atoms with Crippen molar-refractivity contribution in [1.29, 1.82) is 5.26 Å². The van der Waals surface area contributed by atoms with Crippen molar-refractivity contribution >= 4 is 11.9 Å². The summed E-state index contributed by atoms with van der Waals surface area (Å²) in [5, 5.41) is 18.0. The van der Waals surface area contributed by atoms with Crippen LogP contribution in [0.3, 0.4) is 0 Å². The number of carbonyl (C=O) groups is 2. The minimum Gasteiger partial charge on any atom is -0.480 e. The molecule has 1 amide bonds. The van der Waals surface area contributed by atoms with Crippen molar-refractivity contribution in [3.05, 3.63) is 35.1 Å². The molecular formula is C12H9FN2O3. The highest BCUT2D eigenvalue weighted by Crippen LogP contribution is 2.35. The maximum atomic E-state index is 13.6. The number of hydrogen-bond acceptors (Lipinski definition) is 3. The van der Waals surface area contributed by atoms with Gasteiger partial charge in [0.05, 0.1) is 11.6 Å². The van der Waals surface area contributed by atoms with Gasteiger partial charge in [-0.3, -0.25) is 4.79 Å². The van der Waals surface area contributed by atoms with E-state index in [9.17, 15) is 14.0 Å². The second kappa shape index (κ2) is 4.11. The average Bonchev–Trinajstić information content (AvgIpc) is 2.62. The molecule has 0 bridgehead atoms. The fourth-order valence-electron chi connectivity index (χ4n) is 2.04. The quantitative estimate of drug-likeness (QED) is 0.855. The number of hydrogen-bond donors (Lipinski definition) is 1. The molecule has 0 saturated carbocycles. The van der Waals surface area contributed by atoms with Crippen molar-refractivity contribution in [1.82, 2.24) is 4.90 Å². The molecule has 1 aliphatic heterocycles. The highest BCUT2D eigenvalue weighted by Gasteiger charge is 2.43. The Balaban J connectivity index is 2.57. The molecule has 1 aliphatic rings. The topological polar surface area (TPSA) is 81.4 Å². The smallest absolute Gasteiger partial charge is 0.326 e. The molecule has 0 saturated heterocycles. The minimum atomic E-state index is -1.24. The number of carboxylic acids is 1. The second-order valence-corrected chi connectivity index (χ2v) is 3.96. The van der Waals surface area contributed by atoms with E-state index < -0.39 is 29.8 Å². The molecule has 1 N–H and O–H groups in total. The zero-order valence-corrected chi connectivity index (χ0v) is 9.42. The molecule has 2 unspecified atom stereocenters. The summed E-state index contributed by atoms with van der Waals surface area (Å²) in [6, 6.07) is 3.55. The number of carbonyl (C=O) groups excluding carboxylic acids is 1. The Bertz CT molecular complexity index is 579. The van der Waals surface area contributed by atoms with Crippen LogP contribution in [0.4, 0.5) is 4.39 Å². The van der Waals surface area contributed by atoms with Crippen molar-refractivity contribution in [3.8, 4) is 6.07 Å². The van der Waals surface area contributed by atoms with Gasteiger partial charge in [-0.1, -0.05) is 12.1 Å². The molecular weight excluding hydrogens is 239 g/mol. The standard InChI is InChI=1S/C12H9FN2O3/c1-6(12(17)18)15-9(5-14)7-3-2-4-8(13)10(7)11(15)16/h2-4,6,9H,1H3,(H,17,18). The lowest BCUT2D eigenvalue weighted by Crippen LogP contribution is -2.41. The van der Waals surface area contributed by atoms with Crippen LogP contribution in [0.25, 0.3) is 0 Å². The Labute approximate surface area is 102 Å². The molecule has 0 spiro atoms. The summed E-state index contributed by atoms with van der Waals surface area (Å²) >= 11 is 0. The van der Waals surface area contributed by atoms with E-state index in [1.54, 1.807) is 0 Å². The molecule has 0 aromatic heterocycles. The SMILES string of the molecule is CC(C(=O)O)N1C(=O)c2c(F)cccc2C1C#N. The molecule has 6 heteroatoms. The Hall–Kier alpha value is -2.42. The first-order chi connectivity index (χ1) is 8.49. The fraction of sp³-hybridized carbons (Fsp3) is 0.250. The number of nitriles is 1. The van der Waals surface area contributed by atoms with E-state index in [0.717, 1.165) is 11.0 Å². The lowest BCUT2D eigenvalue weighted by molar-refractivity contribution is -0.142. The molecule has 1 heterocycles. The predicted molar refractivity (Wildman–Crippen MR) is 58.0 cm³/mol. The monoisotopic (exact) mass is 248 g/mol. The van der Waals surface area contributed by atoms with Gasteiger partial charge in [0.1, 0.15) is 17.9 Å². The van der Waals surface area contributed by atoms with E-state index in [0.29, 0.717) is 0 Å². The van der Waals surface area contributed by atoms with Gasteiger partial charge in [-0.15, -0.1) is 0 Å². The second-order valence-electron chi connectivity index (χ2n) is 3.96. The van der Waals surface area contributed by atoms with Gasteiger partial charge in [-0.05, 0) is 13.0 Å². The fourth-order valence-corrected chi connectivity index (χ4v) is 2.04. The summed E-state index contributed by atoms with van der Waals surface area (Å²) in [5.41, 5.74) is 0.00718. The number of amides is 1. The van der Waals surface area contributed by atoms with Crippen molar-refractivity contribution in [3.63, 3.8) is 0 Å². The molecule has 5 nitrogen and oxygen atoms in total. The molecule has 0 radical (unpaired) electrons. The van der Waals surface area contributed by atoms with Gasteiger partial charge in [0.25, 0.3) is 5.91 Å². The van der Waals surface area contributed by atoms with Crippen LogP contribution in [0.5, 0.6) is 0 Å². The average molecular weight is 248 g/mol. The number of rotatable bonds is 2. The summed E-state index contributed by atoms with van der Waals surface area (Å²) in [6.07, 6.45) is 0. The van der Waals surface area contributed by atoms with E-state index in [-0.39, 0.29) is 11.1 Å². The number of benzene rings is 1. The molecule has 1 aromatic carbocycles. The van der Waals surface area contributed by atoms with Crippen molar-refractivity contribution in [2.75, 3.05) is 0 Å². The van der Waals surface area contributed by atoms with Gasteiger partial charge in [-0.2, -0.15) is 5.26 Å². The molecule has 92 valence electrons. The van der Waals surface area contributed by atoms with E-state index in [1.807, 2.05) is 6.07 Å². The molecule has 2 rings (SSSR count). The van der Waals surface area contributed by atoms with Crippen LogP contribution < -0.4 is 0 Å². The van der Waals surface area contributed by atoms with Gasteiger partial charge < -0.3 is 10.0 Å². The number of aliphatic carboxylic acids is 1. The van der Waals surface area contributed by atoms with Crippen molar-refractivity contribution < 1.29 is 19.1 Å². The van der Waals surface area contributed by atoms with Crippen LogP contribution in [0.15, 0.2) is 18.2 Å². The minimum absolute atomic E-state index is 0.211. The third-order valence-electron chi connectivity index (χ3n) is 2.96. The van der Waals surface area contributed by atoms with Gasteiger partial charge in [0, 0.05) is 5.56 Å². The highest BCUT2D eigenvalue weighted by molar-refractivity contribution is 6.01. The zero-order valence-electron chi connectivity index (χ0n) is 9.42. The Kier molecular flexibility index (Phi) is 2.75. The largest absolute Gasteiger partial charge is 0.480 e. The van der Waals surface area contributed by atoms with E-state index in [1.165, 1.54) is 19.1 Å². The summed E-state index contributed by atoms with van der Waals surface area (Å²) in [6.45, 7) is 1.29. The van der Waals surface area contributed by atoms with Crippen LogP contribution in [0.2, 0.25) is 0 Å². The highest BCUT2D eigenvalue weighted by atomic mass is 19.1. The first-order valence-electron chi connectivity index (χ1n) is 5.22. The van der Waals surface area contributed by atoms with Gasteiger partial charge in [-0.25, -0.2) is 9.18 Å². The van der Waals surface area contributed by atoms with Crippen LogP contribution in [-0.4, -0.2) is 27.9 Å². The van der Waals surface area contributed by atoms with E-state index in [2.05, 4.69) is 0 Å². The Morgan fingerprint density at radius 1 is 1.61 bits per heavy atom. The van der Waals surface area contributed by atoms with Crippen LogP contribution in [-0.2, 0) is 4.79 Å². The third-order valence-corrected chi connectivity index (χ3v) is 2.96. The molecule has 0 aliphatic carbocycles. The Morgan fingerprint density at radius 3 is 2.83 bits per heavy atom. The lowest BCUT2D eigenvalue weighted by Gasteiger charge is -2.24. The number of carboxylic acid groups (broad SMARTS) is 1. The maximum absolute atomic E-state index is 13.6. The normalized spacial score (nSPS) is 19.3. The van der Waals surface area contributed by atoms with Crippen LogP contribution >= 0.6 is 0 Å². The lowest BCUT2D eigenvalue weighted by atomic mass is 10.1. The number of halogens is 1. The summed E-state index contributed by atoms with van der Waals surface area (Å²) < 4.78 is 13.6. The number of fused-ring (bicyclic) bond motifs is 1. The Morgan fingerprint density at radius 2 is 2.28 bits per heavy atom. The van der Waals surface area contributed by atoms with Crippen molar-refractivity contribution in [2.24, 2.45) is 0 Å². The van der Waals surface area contributed by atoms with Gasteiger partial charge in [0.2, 0.25) is 0 Å². The molecule has 18 heavy (non-hydrogen) atoms. The first kappa shape index (κ1) is 12.0. The predicted octanol–water partition coefficient (Wildman–Crippen LogP) is 1.32. The molecule has 0 fully saturated rings. The van der Waals surface area contributed by atoms with Crippen LogP contribution in [0.1, 0.15) is 28.9 Å². The third kappa shape index (κ3) is 1.52. The van der Waals surface area contributed by atoms with Crippen LogP contribution in [0, 0.1) is 17.1 Å².